The third-order valence-electron chi connectivity index (χ3n) is 3.15. The average Bonchev–Trinajstić information content (AvgIpc) is 2.38. The first-order chi connectivity index (χ1) is 9.35. The van der Waals surface area contributed by atoms with E-state index in [0.29, 0.717) is 6.61 Å². The number of methoxy groups -OCH3 is 1. The van der Waals surface area contributed by atoms with Gasteiger partial charge < -0.3 is 14.6 Å². The van der Waals surface area contributed by atoms with E-state index in [9.17, 15) is 4.79 Å². The number of carboxylic acids is 1. The number of carboxylic acid groups (broad SMARTS) is 1. The van der Waals surface area contributed by atoms with Gasteiger partial charge in [0.1, 0.15) is 5.75 Å². The second-order valence-corrected chi connectivity index (χ2v) is 5.23. The summed E-state index contributed by atoms with van der Waals surface area (Å²) in [6, 6.07) is 5.65. The second kappa shape index (κ2) is 7.10. The zero-order valence-corrected chi connectivity index (χ0v) is 12.5. The zero-order chi connectivity index (χ0) is 15.2. The van der Waals surface area contributed by atoms with Crippen molar-refractivity contribution < 1.29 is 19.4 Å². The molecular formula is C16H22O4. The lowest BCUT2D eigenvalue weighted by Gasteiger charge is -2.23. The highest BCUT2D eigenvalue weighted by molar-refractivity contribution is 5.86. The molecule has 0 heterocycles. The molecule has 0 radical (unpaired) electrons. The van der Waals surface area contributed by atoms with E-state index in [1.807, 2.05) is 39.0 Å². The van der Waals surface area contributed by atoms with E-state index < -0.39 is 5.97 Å². The third-order valence-corrected chi connectivity index (χ3v) is 3.15. The maximum absolute atomic E-state index is 10.6. The second-order valence-electron chi connectivity index (χ2n) is 5.23. The molecule has 4 heteroatoms. The van der Waals surface area contributed by atoms with E-state index in [1.54, 1.807) is 13.2 Å². The maximum Gasteiger partial charge on any atom is 0.328 e. The Morgan fingerprint density at radius 2 is 2.10 bits per heavy atom. The Kier molecular flexibility index (Phi) is 5.77. The van der Waals surface area contributed by atoms with Crippen molar-refractivity contribution in [3.05, 3.63) is 35.4 Å². The standard InChI is InChI=1S/C16H22O4/c1-12-6-5-7-13(8-9-14(17)18)15(12)20-11-10-16(2,3)19-4/h5-9H,10-11H2,1-4H3,(H,17,18)/b9-8+. The van der Waals surface area contributed by atoms with Gasteiger partial charge in [-0.15, -0.1) is 0 Å². The van der Waals surface area contributed by atoms with E-state index in [-0.39, 0.29) is 5.60 Å². The number of rotatable bonds is 7. The molecule has 1 aromatic carbocycles. The first-order valence-electron chi connectivity index (χ1n) is 6.54. The van der Waals surface area contributed by atoms with Crippen molar-refractivity contribution in [3.63, 3.8) is 0 Å². The number of benzene rings is 1. The largest absolute Gasteiger partial charge is 0.493 e. The van der Waals surface area contributed by atoms with Crippen molar-refractivity contribution in [2.24, 2.45) is 0 Å². The number of carbonyl (C=O) groups is 1. The number of aryl methyl sites for hydroxylation is 1. The Morgan fingerprint density at radius 1 is 1.40 bits per heavy atom. The van der Waals surface area contributed by atoms with Gasteiger partial charge >= 0.3 is 5.97 Å². The Hall–Kier alpha value is -1.81. The molecule has 0 aliphatic carbocycles. The lowest BCUT2D eigenvalue weighted by atomic mass is 10.1. The first kappa shape index (κ1) is 16.2. The molecule has 0 spiro atoms. The highest BCUT2D eigenvalue weighted by Crippen LogP contribution is 2.25. The quantitative estimate of drug-likeness (QED) is 0.778. The summed E-state index contributed by atoms with van der Waals surface area (Å²) in [6.45, 7) is 6.45. The van der Waals surface area contributed by atoms with Crippen LogP contribution in [0.3, 0.4) is 0 Å². The predicted molar refractivity (Wildman–Crippen MR) is 79.0 cm³/mol. The number of ether oxygens (including phenoxy) is 2. The van der Waals surface area contributed by atoms with Crippen LogP contribution in [0.15, 0.2) is 24.3 Å². The fraction of sp³-hybridized carbons (Fsp3) is 0.438. The van der Waals surface area contributed by atoms with Crippen LogP contribution >= 0.6 is 0 Å². The number of hydrogen-bond acceptors (Lipinski definition) is 3. The highest BCUT2D eigenvalue weighted by Gasteiger charge is 2.16. The van der Waals surface area contributed by atoms with Gasteiger partial charge in [0.15, 0.2) is 0 Å². The number of hydrogen-bond donors (Lipinski definition) is 1. The summed E-state index contributed by atoms with van der Waals surface area (Å²) in [6.07, 6.45) is 3.41. The summed E-state index contributed by atoms with van der Waals surface area (Å²) >= 11 is 0. The zero-order valence-electron chi connectivity index (χ0n) is 12.5. The van der Waals surface area contributed by atoms with Crippen molar-refractivity contribution in [3.8, 4) is 5.75 Å². The van der Waals surface area contributed by atoms with Gasteiger partial charge in [-0.25, -0.2) is 4.79 Å². The van der Waals surface area contributed by atoms with Gasteiger partial charge in [0, 0.05) is 25.2 Å². The molecule has 0 aliphatic rings. The van der Waals surface area contributed by atoms with Crippen LogP contribution < -0.4 is 4.74 Å². The monoisotopic (exact) mass is 278 g/mol. The van der Waals surface area contributed by atoms with E-state index in [1.165, 1.54) is 0 Å². The van der Waals surface area contributed by atoms with E-state index in [0.717, 1.165) is 29.4 Å². The maximum atomic E-state index is 10.6. The van der Waals surface area contributed by atoms with Crippen molar-refractivity contribution in [2.45, 2.75) is 32.8 Å². The molecule has 0 saturated carbocycles. The molecule has 0 amide bonds. The molecule has 0 unspecified atom stereocenters. The van der Waals surface area contributed by atoms with Gasteiger partial charge in [-0.1, -0.05) is 18.2 Å². The van der Waals surface area contributed by atoms with E-state index >= 15 is 0 Å². The van der Waals surface area contributed by atoms with E-state index in [4.69, 9.17) is 14.6 Å². The van der Waals surface area contributed by atoms with Crippen LogP contribution in [-0.4, -0.2) is 30.4 Å². The Bertz CT molecular complexity index is 489. The van der Waals surface area contributed by atoms with Crippen molar-refractivity contribution in [2.75, 3.05) is 13.7 Å². The minimum Gasteiger partial charge on any atom is -0.493 e. The van der Waals surface area contributed by atoms with Crippen LogP contribution in [0.2, 0.25) is 0 Å². The average molecular weight is 278 g/mol. The van der Waals surface area contributed by atoms with Gasteiger partial charge in [-0.05, 0) is 32.4 Å². The molecule has 0 fully saturated rings. The first-order valence-corrected chi connectivity index (χ1v) is 6.54. The topological polar surface area (TPSA) is 55.8 Å². The summed E-state index contributed by atoms with van der Waals surface area (Å²) in [7, 11) is 1.68. The SMILES string of the molecule is COC(C)(C)CCOc1c(C)cccc1/C=C/C(=O)O. The van der Waals surface area contributed by atoms with Crippen molar-refractivity contribution in [1.82, 2.24) is 0 Å². The summed E-state index contributed by atoms with van der Waals surface area (Å²) in [4.78, 5) is 10.6. The van der Waals surface area contributed by atoms with Gasteiger partial charge in [0.2, 0.25) is 0 Å². The molecule has 1 rings (SSSR count). The predicted octanol–water partition coefficient (Wildman–Crippen LogP) is 3.29. The van der Waals surface area contributed by atoms with Gasteiger partial charge in [-0.3, -0.25) is 0 Å². The van der Waals surface area contributed by atoms with Crippen LogP contribution in [0.1, 0.15) is 31.4 Å². The normalized spacial score (nSPS) is 11.8. The fourth-order valence-corrected chi connectivity index (χ4v) is 1.67. The molecule has 0 atom stereocenters. The molecule has 20 heavy (non-hydrogen) atoms. The number of aliphatic carboxylic acids is 1. The lowest BCUT2D eigenvalue weighted by molar-refractivity contribution is -0.131. The Morgan fingerprint density at radius 3 is 2.70 bits per heavy atom. The van der Waals surface area contributed by atoms with Gasteiger partial charge in [-0.2, -0.15) is 0 Å². The molecule has 110 valence electrons. The van der Waals surface area contributed by atoms with Crippen LogP contribution in [0.4, 0.5) is 0 Å². The minimum atomic E-state index is -0.974. The highest BCUT2D eigenvalue weighted by atomic mass is 16.5. The molecule has 0 aromatic heterocycles. The van der Waals surface area contributed by atoms with Crippen LogP contribution in [0.25, 0.3) is 6.08 Å². The molecule has 0 bridgehead atoms. The summed E-state index contributed by atoms with van der Waals surface area (Å²) in [5, 5.41) is 8.71. The lowest BCUT2D eigenvalue weighted by Crippen LogP contribution is -2.25. The molecule has 1 aromatic rings. The van der Waals surface area contributed by atoms with Gasteiger partial charge in [0.25, 0.3) is 0 Å². The molecular weight excluding hydrogens is 256 g/mol. The van der Waals surface area contributed by atoms with Crippen LogP contribution in [0.5, 0.6) is 5.75 Å². The molecule has 1 N–H and O–H groups in total. The van der Waals surface area contributed by atoms with Crippen LogP contribution in [-0.2, 0) is 9.53 Å². The summed E-state index contributed by atoms with van der Waals surface area (Å²) in [5.41, 5.74) is 1.51. The van der Waals surface area contributed by atoms with Gasteiger partial charge in [0.05, 0.1) is 12.2 Å². The summed E-state index contributed by atoms with van der Waals surface area (Å²) < 4.78 is 11.2. The number of para-hydroxylation sites is 1. The third kappa shape index (κ3) is 5.05. The Balaban J connectivity index is 2.80. The van der Waals surface area contributed by atoms with E-state index in [2.05, 4.69) is 0 Å². The minimum absolute atomic E-state index is 0.236. The fourth-order valence-electron chi connectivity index (χ4n) is 1.67. The smallest absolute Gasteiger partial charge is 0.328 e. The van der Waals surface area contributed by atoms with Crippen molar-refractivity contribution in [1.29, 1.82) is 0 Å². The Labute approximate surface area is 120 Å². The van der Waals surface area contributed by atoms with Crippen molar-refractivity contribution >= 4 is 12.0 Å². The summed E-state index contributed by atoms with van der Waals surface area (Å²) in [5.74, 6) is -0.255. The molecule has 4 nitrogen and oxygen atoms in total. The van der Waals surface area contributed by atoms with Crippen LogP contribution in [0, 0.1) is 6.92 Å². The molecule has 0 aliphatic heterocycles. The molecule has 0 saturated heterocycles.